The Bertz CT molecular complexity index is 1240. The van der Waals surface area contributed by atoms with Crippen LogP contribution < -0.4 is 20.7 Å². The lowest BCUT2D eigenvalue weighted by molar-refractivity contribution is -0.149. The number of nitrogens with two attached hydrogens (primary N) is 1. The van der Waals surface area contributed by atoms with Crippen molar-refractivity contribution in [1.29, 1.82) is 0 Å². The quantitative estimate of drug-likeness (QED) is 0.486. The Morgan fingerprint density at radius 1 is 1.24 bits per heavy atom. The lowest BCUT2D eigenvalue weighted by Gasteiger charge is -2.19. The number of nitrogens with zero attached hydrogens (tertiary/aromatic N) is 4. The number of hydrogen-bond donors (Lipinski definition) is 2. The molecule has 3 N–H and O–H groups in total. The van der Waals surface area contributed by atoms with Crippen LogP contribution in [0, 0.1) is 12.8 Å². The molecule has 1 aliphatic rings. The zero-order valence-electron chi connectivity index (χ0n) is 18.6. The molecule has 3 aromatic rings. The molecule has 1 saturated heterocycles. The molecule has 0 aliphatic carbocycles. The molecule has 0 radical (unpaired) electrons. The number of rotatable bonds is 7. The van der Waals surface area contributed by atoms with E-state index in [9.17, 15) is 9.59 Å². The number of anilines is 4. The molecule has 1 aliphatic heterocycles. The van der Waals surface area contributed by atoms with Gasteiger partial charge in [0.05, 0.1) is 18.7 Å². The van der Waals surface area contributed by atoms with E-state index in [-0.39, 0.29) is 43.2 Å². The van der Waals surface area contributed by atoms with Crippen LogP contribution in [0.5, 0.6) is 5.75 Å². The largest absolute Gasteiger partial charge is 0.495 e. The molecule has 1 fully saturated rings. The molecule has 4 rings (SSSR count). The third-order valence-corrected chi connectivity index (χ3v) is 5.56. The van der Waals surface area contributed by atoms with E-state index in [0.29, 0.717) is 16.5 Å². The van der Waals surface area contributed by atoms with E-state index < -0.39 is 11.9 Å². The molecular weight excluding hydrogens is 460 g/mol. The number of esters is 1. The molecule has 1 atom stereocenters. The molecule has 0 saturated carbocycles. The minimum absolute atomic E-state index is 0.00703. The lowest BCUT2D eigenvalue weighted by atomic mass is 10.1. The number of ether oxygens (including phenoxy) is 2. The predicted molar refractivity (Wildman–Crippen MR) is 127 cm³/mol. The van der Waals surface area contributed by atoms with Crippen LogP contribution in [0.25, 0.3) is 0 Å². The number of nitrogen functional groups attached to an aromatic ring is 1. The summed E-state index contributed by atoms with van der Waals surface area (Å²) >= 11 is 6.08. The van der Waals surface area contributed by atoms with Crippen molar-refractivity contribution in [1.82, 2.24) is 15.0 Å². The monoisotopic (exact) mass is 482 g/mol. The van der Waals surface area contributed by atoms with E-state index in [1.165, 1.54) is 12.0 Å². The van der Waals surface area contributed by atoms with Gasteiger partial charge in [-0.1, -0.05) is 29.8 Å². The fraction of sp³-hybridized carbons (Fsp3) is 0.261. The van der Waals surface area contributed by atoms with Gasteiger partial charge in [0.15, 0.2) is 12.4 Å². The summed E-state index contributed by atoms with van der Waals surface area (Å²) in [6.07, 6.45) is 0.00787. The van der Waals surface area contributed by atoms with Gasteiger partial charge in [0.25, 0.3) is 0 Å². The van der Waals surface area contributed by atoms with Crippen LogP contribution in [0.1, 0.15) is 17.8 Å². The van der Waals surface area contributed by atoms with Gasteiger partial charge in [0.1, 0.15) is 5.75 Å². The van der Waals surface area contributed by atoms with Gasteiger partial charge in [-0.3, -0.25) is 9.59 Å². The van der Waals surface area contributed by atoms with Crippen LogP contribution >= 0.6 is 11.6 Å². The second kappa shape index (κ2) is 9.92. The normalized spacial score (nSPS) is 15.3. The van der Waals surface area contributed by atoms with Crippen LogP contribution in [-0.4, -0.2) is 40.5 Å². The third kappa shape index (κ3) is 5.18. The number of carbonyl (C=O) groups excluding carboxylic acids is 2. The van der Waals surface area contributed by atoms with Crippen molar-refractivity contribution < 1.29 is 19.1 Å². The van der Waals surface area contributed by atoms with Crippen LogP contribution in [0.4, 0.5) is 23.3 Å². The van der Waals surface area contributed by atoms with Crippen molar-refractivity contribution in [2.45, 2.75) is 20.0 Å². The van der Waals surface area contributed by atoms with Crippen molar-refractivity contribution in [3.8, 4) is 5.75 Å². The summed E-state index contributed by atoms with van der Waals surface area (Å²) in [6, 6.07) is 12.6. The first kappa shape index (κ1) is 23.2. The second-order valence-corrected chi connectivity index (χ2v) is 8.14. The van der Waals surface area contributed by atoms with Crippen molar-refractivity contribution in [3.63, 3.8) is 0 Å². The average molecular weight is 483 g/mol. The first-order valence-corrected chi connectivity index (χ1v) is 10.9. The molecule has 34 heavy (non-hydrogen) atoms. The highest BCUT2D eigenvalue weighted by Crippen LogP contribution is 2.35. The van der Waals surface area contributed by atoms with E-state index in [1.807, 2.05) is 31.2 Å². The summed E-state index contributed by atoms with van der Waals surface area (Å²) in [5.41, 5.74) is 8.13. The number of aromatic nitrogens is 3. The number of aryl methyl sites for hydroxylation is 1. The second-order valence-electron chi connectivity index (χ2n) is 7.70. The summed E-state index contributed by atoms with van der Waals surface area (Å²) in [5, 5.41) is 3.54. The molecule has 176 valence electrons. The summed E-state index contributed by atoms with van der Waals surface area (Å²) in [7, 11) is 1.50. The average Bonchev–Trinajstić information content (AvgIpc) is 3.20. The molecular formula is C23H23ClN6O4. The number of nitrogens with one attached hydrogen (secondary N) is 1. The minimum Gasteiger partial charge on any atom is -0.495 e. The Labute approximate surface area is 201 Å². The number of para-hydroxylation sites is 1. The predicted octanol–water partition coefficient (Wildman–Crippen LogP) is 3.26. The van der Waals surface area contributed by atoms with Gasteiger partial charge in [-0.2, -0.15) is 15.0 Å². The van der Waals surface area contributed by atoms with Gasteiger partial charge < -0.3 is 25.4 Å². The molecule has 10 nitrogen and oxygen atoms in total. The van der Waals surface area contributed by atoms with Gasteiger partial charge in [-0.25, -0.2) is 0 Å². The minimum atomic E-state index is -0.653. The molecule has 2 heterocycles. The third-order valence-electron chi connectivity index (χ3n) is 5.32. The topological polar surface area (TPSA) is 133 Å². The fourth-order valence-electron chi connectivity index (χ4n) is 3.62. The molecule has 1 unspecified atom stereocenters. The highest BCUT2D eigenvalue weighted by molar-refractivity contribution is 6.31. The van der Waals surface area contributed by atoms with E-state index in [1.54, 1.807) is 18.2 Å². The standard InChI is InChI=1S/C23H23ClN6O4/c1-13-5-3-4-6-16(13)26-23-28-19(27-22(25)29-23)12-34-21(32)14-9-20(31)30(11-14)17-10-15(24)7-8-18(17)33-2/h3-8,10,14H,9,11-12H2,1-2H3,(H3,25,26,27,28,29). The first-order chi connectivity index (χ1) is 16.3. The number of halogens is 1. The molecule has 1 aromatic heterocycles. The Kier molecular flexibility index (Phi) is 6.78. The summed E-state index contributed by atoms with van der Waals surface area (Å²) in [5.74, 6) is -0.507. The maximum atomic E-state index is 12.7. The number of hydrogen-bond acceptors (Lipinski definition) is 9. The van der Waals surface area contributed by atoms with E-state index >= 15 is 0 Å². The lowest BCUT2D eigenvalue weighted by Crippen LogP contribution is -2.27. The first-order valence-electron chi connectivity index (χ1n) is 10.5. The highest BCUT2D eigenvalue weighted by atomic mass is 35.5. The van der Waals surface area contributed by atoms with Crippen molar-refractivity contribution in [3.05, 3.63) is 58.9 Å². The van der Waals surface area contributed by atoms with Crippen LogP contribution in [0.15, 0.2) is 42.5 Å². The maximum absolute atomic E-state index is 12.7. The summed E-state index contributed by atoms with van der Waals surface area (Å²) < 4.78 is 10.7. The zero-order valence-corrected chi connectivity index (χ0v) is 19.4. The Balaban J connectivity index is 1.41. The molecule has 11 heteroatoms. The van der Waals surface area contributed by atoms with Crippen molar-refractivity contribution in [2.75, 3.05) is 29.6 Å². The Morgan fingerprint density at radius 2 is 2.03 bits per heavy atom. The molecule has 0 bridgehead atoms. The number of benzene rings is 2. The number of amides is 1. The fourth-order valence-corrected chi connectivity index (χ4v) is 3.78. The van der Waals surface area contributed by atoms with E-state index in [0.717, 1.165) is 11.3 Å². The molecule has 0 spiro atoms. The van der Waals surface area contributed by atoms with E-state index in [4.69, 9.17) is 26.8 Å². The van der Waals surface area contributed by atoms with Crippen LogP contribution in [0.2, 0.25) is 5.02 Å². The van der Waals surface area contributed by atoms with Gasteiger partial charge in [-0.15, -0.1) is 0 Å². The summed E-state index contributed by atoms with van der Waals surface area (Å²) in [6.45, 7) is 1.88. The van der Waals surface area contributed by atoms with Gasteiger partial charge in [0.2, 0.25) is 17.8 Å². The van der Waals surface area contributed by atoms with Gasteiger partial charge in [-0.05, 0) is 36.8 Å². The number of methoxy groups -OCH3 is 1. The molecule has 1 amide bonds. The van der Waals surface area contributed by atoms with Gasteiger partial charge in [0, 0.05) is 23.7 Å². The maximum Gasteiger partial charge on any atom is 0.311 e. The number of carbonyl (C=O) groups is 2. The Morgan fingerprint density at radius 3 is 2.79 bits per heavy atom. The SMILES string of the molecule is COc1ccc(Cl)cc1N1CC(C(=O)OCc2nc(N)nc(Nc3ccccc3C)n2)CC1=O. The van der Waals surface area contributed by atoms with Crippen molar-refractivity contribution in [2.24, 2.45) is 5.92 Å². The van der Waals surface area contributed by atoms with Gasteiger partial charge >= 0.3 is 5.97 Å². The van der Waals surface area contributed by atoms with E-state index in [2.05, 4.69) is 20.3 Å². The van der Waals surface area contributed by atoms with Crippen molar-refractivity contribution >= 4 is 46.7 Å². The highest BCUT2D eigenvalue weighted by Gasteiger charge is 2.37. The smallest absolute Gasteiger partial charge is 0.311 e. The zero-order chi connectivity index (χ0) is 24.2. The Hall–Kier alpha value is -3.92. The van der Waals surface area contributed by atoms with Crippen LogP contribution in [-0.2, 0) is 20.9 Å². The summed E-state index contributed by atoms with van der Waals surface area (Å²) in [4.78, 5) is 39.2. The van der Waals surface area contributed by atoms with Crippen LogP contribution in [0.3, 0.4) is 0 Å². The molecule has 2 aromatic carbocycles.